The fraction of sp³-hybridized carbons (Fsp3) is 0.0769. The van der Waals surface area contributed by atoms with Crippen molar-refractivity contribution in [2.75, 3.05) is 11.1 Å². The van der Waals surface area contributed by atoms with E-state index in [0.717, 1.165) is 5.56 Å². The number of hydrogen-bond acceptors (Lipinski definition) is 3. The van der Waals surface area contributed by atoms with Crippen LogP contribution >= 0.6 is 11.6 Å². The molecule has 0 unspecified atom stereocenters. The van der Waals surface area contributed by atoms with Crippen LogP contribution in [0.4, 0.5) is 15.9 Å². The number of aryl methyl sites for hydroxylation is 1. The summed E-state index contributed by atoms with van der Waals surface area (Å²) in [6.07, 6.45) is 1.44. The highest BCUT2D eigenvalue weighted by molar-refractivity contribution is 6.34. The number of carbonyl (C=O) groups is 1. The number of carbonyl (C=O) groups excluding carboxylic acids is 1. The van der Waals surface area contributed by atoms with E-state index in [1.807, 2.05) is 0 Å². The number of aromatic nitrogens is 1. The highest BCUT2D eigenvalue weighted by Gasteiger charge is 2.14. The summed E-state index contributed by atoms with van der Waals surface area (Å²) in [5, 5.41) is 2.32. The van der Waals surface area contributed by atoms with Crippen molar-refractivity contribution >= 4 is 29.0 Å². The number of amides is 1. The van der Waals surface area contributed by atoms with Gasteiger partial charge < -0.3 is 11.1 Å². The van der Waals surface area contributed by atoms with Crippen molar-refractivity contribution < 1.29 is 9.18 Å². The van der Waals surface area contributed by atoms with E-state index in [0.29, 0.717) is 11.5 Å². The summed E-state index contributed by atoms with van der Waals surface area (Å²) in [6, 6.07) is 5.66. The molecular weight excluding hydrogens is 269 g/mol. The molecule has 1 aromatic heterocycles. The zero-order valence-corrected chi connectivity index (χ0v) is 10.8. The summed E-state index contributed by atoms with van der Waals surface area (Å²) in [7, 11) is 0. The number of nitrogens with one attached hydrogen (secondary N) is 1. The molecule has 2 rings (SSSR count). The van der Waals surface area contributed by atoms with Crippen molar-refractivity contribution in [3.63, 3.8) is 0 Å². The first-order valence-corrected chi connectivity index (χ1v) is 5.84. The number of nitrogens with two attached hydrogens (primary N) is 1. The van der Waals surface area contributed by atoms with E-state index in [4.69, 9.17) is 17.3 Å². The predicted octanol–water partition coefficient (Wildman–Crippen LogP) is 3.02. The van der Waals surface area contributed by atoms with E-state index in [1.165, 1.54) is 24.4 Å². The summed E-state index contributed by atoms with van der Waals surface area (Å²) in [5.74, 6) is -0.839. The van der Waals surface area contributed by atoms with Crippen LogP contribution in [0.25, 0.3) is 0 Å². The second-order valence-corrected chi connectivity index (χ2v) is 4.36. The fourth-order valence-corrected chi connectivity index (χ4v) is 1.71. The van der Waals surface area contributed by atoms with Crippen LogP contribution in [0.1, 0.15) is 15.9 Å². The summed E-state index contributed by atoms with van der Waals surface area (Å²) in [5.41, 5.74) is 7.00. The van der Waals surface area contributed by atoms with E-state index in [1.54, 1.807) is 13.0 Å². The first-order valence-electron chi connectivity index (χ1n) is 5.46. The molecule has 0 atom stereocenters. The molecule has 3 N–H and O–H groups in total. The van der Waals surface area contributed by atoms with Crippen molar-refractivity contribution in [2.24, 2.45) is 0 Å². The number of nitrogens with zero attached hydrogens (tertiary/aromatic N) is 1. The van der Waals surface area contributed by atoms with E-state index in [-0.39, 0.29) is 10.6 Å². The molecule has 2 aromatic rings. The third-order valence-corrected chi connectivity index (χ3v) is 2.97. The first-order chi connectivity index (χ1) is 8.99. The molecule has 1 aromatic carbocycles. The van der Waals surface area contributed by atoms with Gasteiger partial charge in [0.25, 0.3) is 5.91 Å². The molecule has 6 heteroatoms. The van der Waals surface area contributed by atoms with Gasteiger partial charge in [-0.1, -0.05) is 17.7 Å². The molecule has 0 aliphatic carbocycles. The number of rotatable bonds is 2. The van der Waals surface area contributed by atoms with Gasteiger partial charge >= 0.3 is 0 Å². The Balaban J connectivity index is 2.26. The first kappa shape index (κ1) is 13.3. The lowest BCUT2D eigenvalue weighted by Gasteiger charge is -2.08. The molecule has 19 heavy (non-hydrogen) atoms. The van der Waals surface area contributed by atoms with E-state index >= 15 is 0 Å². The third-order valence-electron chi connectivity index (χ3n) is 2.59. The van der Waals surface area contributed by atoms with E-state index < -0.39 is 11.7 Å². The van der Waals surface area contributed by atoms with Gasteiger partial charge in [0, 0.05) is 0 Å². The minimum absolute atomic E-state index is 0.0537. The van der Waals surface area contributed by atoms with Gasteiger partial charge in [0.2, 0.25) is 0 Å². The van der Waals surface area contributed by atoms with Gasteiger partial charge in [-0.3, -0.25) is 4.79 Å². The number of nitrogen functional groups attached to an aromatic ring is 1. The lowest BCUT2D eigenvalue weighted by molar-refractivity contribution is 0.102. The Morgan fingerprint density at radius 3 is 2.89 bits per heavy atom. The van der Waals surface area contributed by atoms with Gasteiger partial charge in [-0.15, -0.1) is 0 Å². The van der Waals surface area contributed by atoms with Crippen LogP contribution in [0, 0.1) is 12.7 Å². The number of pyridine rings is 1. The Morgan fingerprint density at radius 1 is 1.47 bits per heavy atom. The van der Waals surface area contributed by atoms with Crippen LogP contribution in [0.2, 0.25) is 5.02 Å². The summed E-state index contributed by atoms with van der Waals surface area (Å²) in [4.78, 5) is 15.9. The zero-order valence-electron chi connectivity index (χ0n) is 10.1. The van der Waals surface area contributed by atoms with E-state index in [9.17, 15) is 9.18 Å². The highest BCUT2D eigenvalue weighted by atomic mass is 35.5. The van der Waals surface area contributed by atoms with Gasteiger partial charge in [-0.25, -0.2) is 9.37 Å². The van der Waals surface area contributed by atoms with Crippen molar-refractivity contribution in [3.8, 4) is 0 Å². The summed E-state index contributed by atoms with van der Waals surface area (Å²) in [6.45, 7) is 1.79. The Morgan fingerprint density at radius 2 is 2.21 bits per heavy atom. The fourth-order valence-electron chi connectivity index (χ4n) is 1.50. The number of halogens is 2. The van der Waals surface area contributed by atoms with Crippen LogP contribution in [0.5, 0.6) is 0 Å². The topological polar surface area (TPSA) is 68.0 Å². The van der Waals surface area contributed by atoms with E-state index in [2.05, 4.69) is 10.3 Å². The standard InChI is InChI=1S/C13H11ClFN3O/c1-7-5-11(17-6-10(7)16)18-13(19)8-3-2-4-9(15)12(8)14/h2-6H,16H2,1H3,(H,17,18,19). The van der Waals surface area contributed by atoms with Crippen LogP contribution in [-0.2, 0) is 0 Å². The average Bonchev–Trinajstić information content (AvgIpc) is 2.37. The number of hydrogen-bond donors (Lipinski definition) is 2. The highest BCUT2D eigenvalue weighted by Crippen LogP contribution is 2.21. The normalized spacial score (nSPS) is 10.3. The molecule has 0 aliphatic heterocycles. The number of benzene rings is 1. The Bertz CT molecular complexity index is 646. The van der Waals surface area contributed by atoms with Crippen LogP contribution < -0.4 is 11.1 Å². The minimum atomic E-state index is -0.643. The van der Waals surface area contributed by atoms with Crippen molar-refractivity contribution in [2.45, 2.75) is 6.92 Å². The molecule has 1 heterocycles. The molecule has 1 amide bonds. The van der Waals surface area contributed by atoms with Crippen molar-refractivity contribution in [3.05, 3.63) is 52.4 Å². The van der Waals surface area contributed by atoms with Gasteiger partial charge in [0.15, 0.2) is 0 Å². The Kier molecular flexibility index (Phi) is 3.66. The Labute approximate surface area is 114 Å². The molecule has 4 nitrogen and oxygen atoms in total. The van der Waals surface area contributed by atoms with Gasteiger partial charge in [0.05, 0.1) is 22.5 Å². The zero-order chi connectivity index (χ0) is 14.0. The molecule has 98 valence electrons. The molecule has 0 spiro atoms. The van der Waals surface area contributed by atoms with Crippen LogP contribution in [0.15, 0.2) is 30.5 Å². The van der Waals surface area contributed by atoms with Crippen molar-refractivity contribution in [1.82, 2.24) is 4.98 Å². The van der Waals surface area contributed by atoms with Crippen molar-refractivity contribution in [1.29, 1.82) is 0 Å². The van der Waals surface area contributed by atoms with Crippen LogP contribution in [0.3, 0.4) is 0 Å². The molecule has 0 radical (unpaired) electrons. The van der Waals surface area contributed by atoms with Gasteiger partial charge in [0.1, 0.15) is 11.6 Å². The maximum Gasteiger partial charge on any atom is 0.258 e. The second-order valence-electron chi connectivity index (χ2n) is 3.98. The lowest BCUT2D eigenvalue weighted by Crippen LogP contribution is -2.14. The Hall–Kier alpha value is -2.14. The molecular formula is C13H11ClFN3O. The van der Waals surface area contributed by atoms with Gasteiger partial charge in [-0.2, -0.15) is 0 Å². The maximum atomic E-state index is 13.3. The molecule has 0 saturated heterocycles. The molecule has 0 fully saturated rings. The molecule has 0 saturated carbocycles. The predicted molar refractivity (Wildman–Crippen MR) is 72.7 cm³/mol. The second kappa shape index (κ2) is 5.24. The van der Waals surface area contributed by atoms with Crippen LogP contribution in [-0.4, -0.2) is 10.9 Å². The quantitative estimate of drug-likeness (QED) is 0.888. The molecule has 0 aliphatic rings. The maximum absolute atomic E-state index is 13.3. The summed E-state index contributed by atoms with van der Waals surface area (Å²) >= 11 is 5.73. The SMILES string of the molecule is Cc1cc(NC(=O)c2cccc(F)c2Cl)ncc1N. The average molecular weight is 280 g/mol. The minimum Gasteiger partial charge on any atom is -0.397 e. The molecule has 0 bridgehead atoms. The monoisotopic (exact) mass is 279 g/mol. The largest absolute Gasteiger partial charge is 0.397 e. The lowest BCUT2D eigenvalue weighted by atomic mass is 10.2. The third kappa shape index (κ3) is 2.82. The summed E-state index contributed by atoms with van der Waals surface area (Å²) < 4.78 is 13.3. The number of anilines is 2. The van der Waals surface area contributed by atoms with Gasteiger partial charge in [-0.05, 0) is 30.7 Å². The smallest absolute Gasteiger partial charge is 0.258 e.